The minimum absolute atomic E-state index is 0.115. The van der Waals surface area contributed by atoms with E-state index in [1.165, 1.54) is 88.0 Å². The maximum Gasteiger partial charge on any atom is 0.0725 e. The average Bonchev–Trinajstić information content (AvgIpc) is 3.47. The van der Waals surface area contributed by atoms with Gasteiger partial charge in [0, 0.05) is 23.9 Å². The van der Waals surface area contributed by atoms with Crippen molar-refractivity contribution >= 4 is 27.6 Å². The number of rotatable bonds is 7. The number of pyridine rings is 1. The highest BCUT2D eigenvalue weighted by Crippen LogP contribution is 2.35. The van der Waals surface area contributed by atoms with Crippen molar-refractivity contribution in [1.82, 2.24) is 4.98 Å². The number of fused-ring (bicyclic) bond motifs is 3. The zero-order valence-electron chi connectivity index (χ0n) is 32.9. The van der Waals surface area contributed by atoms with Gasteiger partial charge in [0.05, 0.1) is 11.4 Å². The van der Waals surface area contributed by atoms with Crippen molar-refractivity contribution in [1.29, 1.82) is 0 Å². The molecule has 3 atom stereocenters. The van der Waals surface area contributed by atoms with Crippen LogP contribution in [0.15, 0.2) is 199 Å². The van der Waals surface area contributed by atoms with E-state index in [-0.39, 0.29) is 12.0 Å². The molecule has 0 spiro atoms. The van der Waals surface area contributed by atoms with Gasteiger partial charge < -0.3 is 0 Å². The highest BCUT2D eigenvalue weighted by molar-refractivity contribution is 5.98. The van der Waals surface area contributed by atoms with Crippen LogP contribution in [0.2, 0.25) is 0 Å². The second kappa shape index (κ2) is 15.2. The molecule has 1 aliphatic heterocycles. The van der Waals surface area contributed by atoms with Crippen LogP contribution in [0.25, 0.3) is 83.3 Å². The molecule has 2 heteroatoms. The van der Waals surface area contributed by atoms with Crippen molar-refractivity contribution in [2.45, 2.75) is 32.2 Å². The average molecular weight is 745 g/mol. The Bertz CT molecular complexity index is 3030. The van der Waals surface area contributed by atoms with Gasteiger partial charge in [-0.15, -0.1) is 0 Å². The topological polar surface area (TPSA) is 25.2 Å². The van der Waals surface area contributed by atoms with Crippen molar-refractivity contribution in [3.63, 3.8) is 0 Å². The summed E-state index contributed by atoms with van der Waals surface area (Å²) in [5, 5.41) is 7.35. The number of aromatic nitrogens is 1. The molecular formula is C56H44N2. The van der Waals surface area contributed by atoms with E-state index >= 15 is 0 Å². The Kier molecular flexibility index (Phi) is 9.31. The number of benzene rings is 8. The molecule has 0 fully saturated rings. The fourth-order valence-corrected chi connectivity index (χ4v) is 9.02. The van der Waals surface area contributed by atoms with Crippen molar-refractivity contribution in [3.8, 4) is 55.6 Å². The predicted molar refractivity (Wildman–Crippen MR) is 244 cm³/mol. The monoisotopic (exact) mass is 744 g/mol. The molecule has 0 amide bonds. The lowest BCUT2D eigenvalue weighted by Gasteiger charge is -2.26. The molecule has 8 aromatic carbocycles. The number of nitrogens with zero attached hydrogens (tertiary/aromatic N) is 2. The summed E-state index contributed by atoms with van der Waals surface area (Å²) in [5.74, 6) is 0.607. The molecule has 0 radical (unpaired) electrons. The SMILES string of the molecule is CC1CC=c2cc(-c3ccc(-c4cccc5ccccc45)cc3)cc(-c3ccc(-c4cccc5ccccc45)cc3)c2=NC1C(C)c1ccc(-c2ccncc2)cc1. The molecule has 0 saturated heterocycles. The largest absolute Gasteiger partial charge is 0.280 e. The minimum Gasteiger partial charge on any atom is -0.280 e. The fourth-order valence-electron chi connectivity index (χ4n) is 9.02. The normalized spacial score (nSPS) is 15.6. The van der Waals surface area contributed by atoms with Gasteiger partial charge in [-0.2, -0.15) is 0 Å². The molecule has 0 aliphatic carbocycles. The molecule has 0 saturated carbocycles. The van der Waals surface area contributed by atoms with Crippen LogP contribution < -0.4 is 10.6 Å². The molecule has 2 heterocycles. The second-order valence-corrected chi connectivity index (χ2v) is 15.9. The third kappa shape index (κ3) is 6.71. The predicted octanol–water partition coefficient (Wildman–Crippen LogP) is 13.3. The van der Waals surface area contributed by atoms with E-state index in [0.29, 0.717) is 5.92 Å². The molecule has 0 bridgehead atoms. The molecular weight excluding hydrogens is 701 g/mol. The van der Waals surface area contributed by atoms with E-state index < -0.39 is 0 Å². The van der Waals surface area contributed by atoms with Crippen molar-refractivity contribution in [3.05, 3.63) is 211 Å². The highest BCUT2D eigenvalue weighted by atomic mass is 14.8. The van der Waals surface area contributed by atoms with Gasteiger partial charge in [0.2, 0.25) is 0 Å². The van der Waals surface area contributed by atoms with E-state index in [9.17, 15) is 0 Å². The van der Waals surface area contributed by atoms with Crippen LogP contribution in [0, 0.1) is 5.92 Å². The van der Waals surface area contributed by atoms with Crippen LogP contribution in [-0.4, -0.2) is 11.0 Å². The first-order valence-corrected chi connectivity index (χ1v) is 20.5. The van der Waals surface area contributed by atoms with Crippen LogP contribution in [0.4, 0.5) is 0 Å². The smallest absolute Gasteiger partial charge is 0.0725 e. The fraction of sp³-hybridized carbons (Fsp3) is 0.107. The zero-order chi connectivity index (χ0) is 39.0. The van der Waals surface area contributed by atoms with Crippen LogP contribution in [0.1, 0.15) is 31.7 Å². The molecule has 278 valence electrons. The molecule has 1 aliphatic rings. The Morgan fingerprint density at radius 1 is 0.466 bits per heavy atom. The molecule has 2 nitrogen and oxygen atoms in total. The molecule has 9 aromatic rings. The van der Waals surface area contributed by atoms with Gasteiger partial charge in [-0.3, -0.25) is 9.98 Å². The Balaban J connectivity index is 1.08. The third-order valence-corrected chi connectivity index (χ3v) is 12.3. The number of hydrogen-bond donors (Lipinski definition) is 0. The molecule has 0 N–H and O–H groups in total. The Morgan fingerprint density at radius 3 is 1.55 bits per heavy atom. The molecule has 58 heavy (non-hydrogen) atoms. The van der Waals surface area contributed by atoms with Crippen molar-refractivity contribution in [2.24, 2.45) is 10.9 Å². The Morgan fingerprint density at radius 2 is 0.948 bits per heavy atom. The van der Waals surface area contributed by atoms with E-state index in [2.05, 4.69) is 207 Å². The van der Waals surface area contributed by atoms with Gasteiger partial charge in [-0.05, 0) is 119 Å². The maximum atomic E-state index is 5.75. The second-order valence-electron chi connectivity index (χ2n) is 15.9. The summed E-state index contributed by atoms with van der Waals surface area (Å²) in [4.78, 5) is 9.96. The lowest BCUT2D eigenvalue weighted by Crippen LogP contribution is -2.30. The first-order valence-electron chi connectivity index (χ1n) is 20.5. The summed E-state index contributed by atoms with van der Waals surface area (Å²) >= 11 is 0. The summed E-state index contributed by atoms with van der Waals surface area (Å²) in [6, 6.07) is 66.7. The van der Waals surface area contributed by atoms with E-state index in [1.807, 2.05) is 12.4 Å². The van der Waals surface area contributed by atoms with E-state index in [4.69, 9.17) is 4.99 Å². The Labute approximate surface area is 340 Å². The first-order chi connectivity index (χ1) is 28.6. The number of hydrogen-bond acceptors (Lipinski definition) is 2. The summed E-state index contributed by atoms with van der Waals surface area (Å²) in [7, 11) is 0. The van der Waals surface area contributed by atoms with Crippen LogP contribution in [-0.2, 0) is 0 Å². The first kappa shape index (κ1) is 35.5. The third-order valence-electron chi connectivity index (χ3n) is 12.3. The minimum atomic E-state index is 0.115. The van der Waals surface area contributed by atoms with Crippen molar-refractivity contribution < 1.29 is 0 Å². The Hall–Kier alpha value is -6.90. The summed E-state index contributed by atoms with van der Waals surface area (Å²) in [6.07, 6.45) is 7.11. The summed E-state index contributed by atoms with van der Waals surface area (Å²) < 4.78 is 0. The van der Waals surface area contributed by atoms with E-state index in [1.54, 1.807) is 0 Å². The van der Waals surface area contributed by atoms with Gasteiger partial charge in [0.1, 0.15) is 0 Å². The van der Waals surface area contributed by atoms with Crippen LogP contribution >= 0.6 is 0 Å². The lowest BCUT2D eigenvalue weighted by molar-refractivity contribution is 0.413. The molecule has 3 unspecified atom stereocenters. The van der Waals surface area contributed by atoms with Gasteiger partial charge in [0.25, 0.3) is 0 Å². The highest BCUT2D eigenvalue weighted by Gasteiger charge is 2.26. The van der Waals surface area contributed by atoms with Gasteiger partial charge in [0.15, 0.2) is 0 Å². The standard InChI is InChI=1S/C56H44N2/c1-37-17-18-48-35-49(41-23-25-45(26-24-41)52-15-7-11-43-9-3-5-13-50(43)52)36-54(47-29-27-46(28-30-47)53-16-8-12-44-10-4-6-14-51(44)53)56(48)58-55(37)38(2)39-19-21-40(22-20-39)42-31-33-57-34-32-42/h3-16,18-38,55H,17H2,1-2H3. The van der Waals surface area contributed by atoms with Crippen molar-refractivity contribution in [2.75, 3.05) is 0 Å². The summed E-state index contributed by atoms with van der Waals surface area (Å²) in [6.45, 7) is 4.71. The van der Waals surface area contributed by atoms with E-state index in [0.717, 1.165) is 11.8 Å². The van der Waals surface area contributed by atoms with Crippen LogP contribution in [0.5, 0.6) is 0 Å². The lowest BCUT2D eigenvalue weighted by atomic mass is 9.84. The van der Waals surface area contributed by atoms with Gasteiger partial charge >= 0.3 is 0 Å². The van der Waals surface area contributed by atoms with Crippen LogP contribution in [0.3, 0.4) is 0 Å². The maximum absolute atomic E-state index is 5.75. The summed E-state index contributed by atoms with van der Waals surface area (Å²) in [5.41, 5.74) is 13.4. The molecule has 10 rings (SSSR count). The van der Waals surface area contributed by atoms with Gasteiger partial charge in [-0.25, -0.2) is 0 Å². The zero-order valence-corrected chi connectivity index (χ0v) is 32.9. The van der Waals surface area contributed by atoms with Gasteiger partial charge in [-0.1, -0.05) is 178 Å². The molecule has 1 aromatic heterocycles. The quantitative estimate of drug-likeness (QED) is 0.160.